The number of anilines is 1. The van der Waals surface area contributed by atoms with Crippen LogP contribution in [0.1, 0.15) is 25.7 Å². The zero-order chi connectivity index (χ0) is 14.6. The molecule has 1 aromatic rings. The second-order valence-electron chi connectivity index (χ2n) is 4.86. The van der Waals surface area contributed by atoms with E-state index in [-0.39, 0.29) is 16.7 Å². The van der Waals surface area contributed by atoms with Gasteiger partial charge in [-0.1, -0.05) is 15.9 Å². The molecule has 1 heterocycles. The molecule has 112 valence electrons. The van der Waals surface area contributed by atoms with Gasteiger partial charge >= 0.3 is 0 Å². The number of nitrogens with two attached hydrogens (primary N) is 1. The number of hydrogen-bond donors (Lipinski definition) is 2. The highest BCUT2D eigenvalue weighted by molar-refractivity contribution is 9.10. The first kappa shape index (κ1) is 15.8. The van der Waals surface area contributed by atoms with Crippen LogP contribution in [-0.2, 0) is 14.8 Å². The van der Waals surface area contributed by atoms with Crippen molar-refractivity contribution < 1.29 is 13.2 Å². The van der Waals surface area contributed by atoms with Crippen LogP contribution in [0.4, 0.5) is 5.69 Å². The first-order valence-electron chi connectivity index (χ1n) is 6.65. The average Bonchev–Trinajstić information content (AvgIpc) is 2.39. The van der Waals surface area contributed by atoms with Gasteiger partial charge in [0.15, 0.2) is 0 Å². The minimum Gasteiger partial charge on any atom is -0.398 e. The molecule has 1 aliphatic heterocycles. The third-order valence-corrected chi connectivity index (χ3v) is 5.32. The smallest absolute Gasteiger partial charge is 0.242 e. The number of hydrogen-bond acceptors (Lipinski definition) is 4. The number of benzene rings is 1. The monoisotopic (exact) mass is 362 g/mol. The van der Waals surface area contributed by atoms with Crippen molar-refractivity contribution >= 4 is 31.6 Å². The van der Waals surface area contributed by atoms with Crippen LogP contribution >= 0.6 is 15.9 Å². The quantitative estimate of drug-likeness (QED) is 0.787. The minimum absolute atomic E-state index is 0.116. The van der Waals surface area contributed by atoms with Crippen molar-refractivity contribution in [3.05, 3.63) is 22.7 Å². The molecular weight excluding hydrogens is 344 g/mol. The van der Waals surface area contributed by atoms with Crippen LogP contribution in [0.3, 0.4) is 0 Å². The van der Waals surface area contributed by atoms with E-state index in [1.165, 1.54) is 6.07 Å². The molecule has 1 unspecified atom stereocenters. The van der Waals surface area contributed by atoms with Crippen molar-refractivity contribution in [2.24, 2.45) is 0 Å². The Morgan fingerprint density at radius 2 is 2.20 bits per heavy atom. The van der Waals surface area contributed by atoms with Crippen molar-refractivity contribution in [2.45, 2.75) is 36.7 Å². The van der Waals surface area contributed by atoms with Crippen LogP contribution in [0.5, 0.6) is 0 Å². The van der Waals surface area contributed by atoms with Gasteiger partial charge in [-0.3, -0.25) is 0 Å². The molecule has 20 heavy (non-hydrogen) atoms. The van der Waals surface area contributed by atoms with Gasteiger partial charge in [-0.05, 0) is 43.9 Å². The predicted molar refractivity (Wildman–Crippen MR) is 82.0 cm³/mol. The molecule has 1 saturated heterocycles. The molecule has 0 bridgehead atoms. The van der Waals surface area contributed by atoms with Crippen molar-refractivity contribution in [2.75, 3.05) is 18.9 Å². The lowest BCUT2D eigenvalue weighted by Crippen LogP contribution is -2.30. The Balaban J connectivity index is 1.93. The van der Waals surface area contributed by atoms with E-state index < -0.39 is 10.0 Å². The Morgan fingerprint density at radius 1 is 1.40 bits per heavy atom. The van der Waals surface area contributed by atoms with Gasteiger partial charge in [0.2, 0.25) is 10.0 Å². The van der Waals surface area contributed by atoms with Gasteiger partial charge in [0.05, 0.1) is 11.8 Å². The summed E-state index contributed by atoms with van der Waals surface area (Å²) in [5.41, 5.74) is 5.99. The first-order valence-corrected chi connectivity index (χ1v) is 8.93. The van der Waals surface area contributed by atoms with Gasteiger partial charge in [-0.25, -0.2) is 13.1 Å². The summed E-state index contributed by atoms with van der Waals surface area (Å²) in [6.07, 6.45) is 4.10. The van der Waals surface area contributed by atoms with Crippen LogP contribution in [0.25, 0.3) is 0 Å². The molecule has 0 amide bonds. The van der Waals surface area contributed by atoms with Crippen molar-refractivity contribution in [3.8, 4) is 0 Å². The number of rotatable bonds is 5. The van der Waals surface area contributed by atoms with E-state index in [9.17, 15) is 8.42 Å². The largest absolute Gasteiger partial charge is 0.398 e. The Morgan fingerprint density at radius 3 is 2.85 bits per heavy atom. The fraction of sp³-hybridized carbons (Fsp3) is 0.538. The molecule has 1 aliphatic rings. The SMILES string of the molecule is Nc1cc(Br)ccc1S(=O)(=O)NCCC1CCCCO1. The molecule has 5 nitrogen and oxygen atoms in total. The van der Waals surface area contributed by atoms with Crippen molar-refractivity contribution in [1.29, 1.82) is 0 Å². The summed E-state index contributed by atoms with van der Waals surface area (Å²) in [5, 5.41) is 0. The molecule has 7 heteroatoms. The van der Waals surface area contributed by atoms with Gasteiger partial charge in [0, 0.05) is 17.6 Å². The lowest BCUT2D eigenvalue weighted by Gasteiger charge is -2.22. The number of ether oxygens (including phenoxy) is 1. The van der Waals surface area contributed by atoms with E-state index in [1.54, 1.807) is 12.1 Å². The maximum absolute atomic E-state index is 12.2. The summed E-state index contributed by atoms with van der Waals surface area (Å²) >= 11 is 3.26. The van der Waals surface area contributed by atoms with Crippen LogP contribution in [0.15, 0.2) is 27.6 Å². The third-order valence-electron chi connectivity index (χ3n) is 3.29. The van der Waals surface area contributed by atoms with Gasteiger partial charge < -0.3 is 10.5 Å². The third kappa shape index (κ3) is 4.18. The average molecular weight is 363 g/mol. The molecule has 0 spiro atoms. The van der Waals surface area contributed by atoms with E-state index in [0.717, 1.165) is 30.3 Å². The van der Waals surface area contributed by atoms with E-state index >= 15 is 0 Å². The van der Waals surface area contributed by atoms with Crippen LogP contribution in [0, 0.1) is 0 Å². The molecule has 3 N–H and O–H groups in total. The Labute approximate surface area is 128 Å². The second-order valence-corrected chi connectivity index (χ2v) is 7.51. The number of sulfonamides is 1. The molecule has 2 rings (SSSR count). The summed E-state index contributed by atoms with van der Waals surface area (Å²) in [6, 6.07) is 4.74. The summed E-state index contributed by atoms with van der Waals surface area (Å²) in [4.78, 5) is 0.116. The molecule has 0 saturated carbocycles. The summed E-state index contributed by atoms with van der Waals surface area (Å²) in [6.45, 7) is 1.14. The minimum atomic E-state index is -3.56. The van der Waals surface area contributed by atoms with E-state index in [1.807, 2.05) is 0 Å². The molecule has 1 fully saturated rings. The topological polar surface area (TPSA) is 81.4 Å². The van der Waals surface area contributed by atoms with Crippen LogP contribution in [-0.4, -0.2) is 27.7 Å². The predicted octanol–water partition coefficient (Wildman–Crippen LogP) is 2.27. The maximum Gasteiger partial charge on any atom is 0.242 e. The Kier molecular flexibility index (Phi) is 5.42. The molecule has 0 aliphatic carbocycles. The first-order chi connectivity index (χ1) is 9.49. The van der Waals surface area contributed by atoms with Crippen LogP contribution < -0.4 is 10.5 Å². The van der Waals surface area contributed by atoms with Crippen LogP contribution in [0.2, 0.25) is 0 Å². The fourth-order valence-electron chi connectivity index (χ4n) is 2.23. The standard InChI is InChI=1S/C13H19BrN2O3S/c14-10-4-5-13(12(15)9-10)20(17,18)16-7-6-11-3-1-2-8-19-11/h4-5,9,11,16H,1-3,6-8,15H2. The van der Waals surface area contributed by atoms with Gasteiger partial charge in [-0.15, -0.1) is 0 Å². The maximum atomic E-state index is 12.2. The zero-order valence-corrected chi connectivity index (χ0v) is 13.5. The van der Waals surface area contributed by atoms with Crippen molar-refractivity contribution in [1.82, 2.24) is 4.72 Å². The van der Waals surface area contributed by atoms with Gasteiger partial charge in [0.25, 0.3) is 0 Å². The highest BCUT2D eigenvalue weighted by Gasteiger charge is 2.19. The molecule has 0 aromatic heterocycles. The Hall–Kier alpha value is -0.630. The lowest BCUT2D eigenvalue weighted by atomic mass is 10.1. The highest BCUT2D eigenvalue weighted by Crippen LogP contribution is 2.22. The highest BCUT2D eigenvalue weighted by atomic mass is 79.9. The van der Waals surface area contributed by atoms with Gasteiger partial charge in [-0.2, -0.15) is 0 Å². The van der Waals surface area contributed by atoms with Crippen molar-refractivity contribution in [3.63, 3.8) is 0 Å². The Bertz CT molecular complexity index is 557. The molecular formula is C13H19BrN2O3S. The summed E-state index contributed by atoms with van der Waals surface area (Å²) in [7, 11) is -3.56. The molecule has 1 atom stereocenters. The summed E-state index contributed by atoms with van der Waals surface area (Å²) < 4.78 is 33.2. The number of nitrogens with one attached hydrogen (secondary N) is 1. The zero-order valence-electron chi connectivity index (χ0n) is 11.1. The number of nitrogen functional groups attached to an aromatic ring is 1. The normalized spacial score (nSPS) is 19.9. The number of halogens is 1. The van der Waals surface area contributed by atoms with E-state index in [4.69, 9.17) is 10.5 Å². The summed E-state index contributed by atoms with van der Waals surface area (Å²) in [5.74, 6) is 0. The van der Waals surface area contributed by atoms with E-state index in [0.29, 0.717) is 13.0 Å². The second kappa shape index (κ2) is 6.89. The lowest BCUT2D eigenvalue weighted by molar-refractivity contribution is 0.0123. The van der Waals surface area contributed by atoms with E-state index in [2.05, 4.69) is 20.7 Å². The fourth-order valence-corrected chi connectivity index (χ4v) is 3.77. The van der Waals surface area contributed by atoms with Gasteiger partial charge in [0.1, 0.15) is 4.90 Å². The molecule has 1 aromatic carbocycles. The molecule has 0 radical (unpaired) electrons.